The van der Waals surface area contributed by atoms with Gasteiger partial charge < -0.3 is 10.1 Å². The molecule has 0 saturated carbocycles. The zero-order chi connectivity index (χ0) is 14.8. The molecule has 0 aliphatic rings. The Morgan fingerprint density at radius 2 is 2.20 bits per heavy atom. The lowest BCUT2D eigenvalue weighted by molar-refractivity contribution is -0.385. The van der Waals surface area contributed by atoms with Crippen LogP contribution in [0.15, 0.2) is 18.2 Å². The van der Waals surface area contributed by atoms with Crippen molar-refractivity contribution in [3.05, 3.63) is 28.3 Å². The van der Waals surface area contributed by atoms with Gasteiger partial charge in [0.15, 0.2) is 5.75 Å². The van der Waals surface area contributed by atoms with Gasteiger partial charge in [0.25, 0.3) is 0 Å². The van der Waals surface area contributed by atoms with Gasteiger partial charge >= 0.3 is 5.69 Å². The number of benzene rings is 1. The number of thioether (sulfide) groups is 1. The van der Waals surface area contributed by atoms with Crippen LogP contribution in [0.25, 0.3) is 0 Å². The van der Waals surface area contributed by atoms with Gasteiger partial charge in [0.05, 0.1) is 11.5 Å². The normalized spacial score (nSPS) is 10.3. The molecule has 20 heavy (non-hydrogen) atoms. The Labute approximate surface area is 124 Å². The Balaban J connectivity index is 2.61. The number of anilines is 1. The van der Waals surface area contributed by atoms with Crippen LogP contribution in [-0.4, -0.2) is 30.1 Å². The first kappa shape index (κ1) is 16.6. The van der Waals surface area contributed by atoms with Gasteiger partial charge in [-0.3, -0.25) is 10.1 Å². The monoisotopic (exact) mass is 298 g/mol. The summed E-state index contributed by atoms with van der Waals surface area (Å²) in [7, 11) is 0. The quantitative estimate of drug-likeness (QED) is 0.402. The highest BCUT2D eigenvalue weighted by molar-refractivity contribution is 7.98. The van der Waals surface area contributed by atoms with E-state index in [4.69, 9.17) is 4.74 Å². The van der Waals surface area contributed by atoms with Crippen LogP contribution in [-0.2, 0) is 0 Å². The number of hydrogen-bond donors (Lipinski definition) is 1. The van der Waals surface area contributed by atoms with Gasteiger partial charge in [-0.15, -0.1) is 0 Å². The highest BCUT2D eigenvalue weighted by Crippen LogP contribution is 2.30. The Bertz CT molecular complexity index is 427. The number of hydrogen-bond acceptors (Lipinski definition) is 5. The number of nitrogens with zero attached hydrogens (tertiary/aromatic N) is 1. The molecule has 1 aromatic rings. The van der Waals surface area contributed by atoms with Gasteiger partial charge in [-0.05, 0) is 37.3 Å². The van der Waals surface area contributed by atoms with Crippen LogP contribution in [0.4, 0.5) is 11.4 Å². The highest BCUT2D eigenvalue weighted by atomic mass is 32.2. The lowest BCUT2D eigenvalue weighted by atomic mass is 10.2. The molecule has 0 spiro atoms. The van der Waals surface area contributed by atoms with Crippen molar-refractivity contribution in [2.24, 2.45) is 0 Å². The molecule has 1 aromatic carbocycles. The first-order valence-electron chi connectivity index (χ1n) is 6.83. The summed E-state index contributed by atoms with van der Waals surface area (Å²) < 4.78 is 5.45. The van der Waals surface area contributed by atoms with Gasteiger partial charge in [-0.25, -0.2) is 0 Å². The first-order chi connectivity index (χ1) is 9.69. The minimum atomic E-state index is -0.409. The van der Waals surface area contributed by atoms with Crippen molar-refractivity contribution in [1.82, 2.24) is 0 Å². The fourth-order valence-electron chi connectivity index (χ4n) is 1.71. The van der Waals surface area contributed by atoms with Gasteiger partial charge in [0.1, 0.15) is 0 Å². The summed E-state index contributed by atoms with van der Waals surface area (Å²) in [6.45, 7) is 3.32. The standard InChI is InChI=1S/C14H22N2O3S/c1-3-9-19-14-11-12(6-7-13(14)16(17)18)15-8-4-5-10-20-2/h6-7,11,15H,3-5,8-10H2,1-2H3. The third kappa shape index (κ3) is 5.69. The molecule has 0 aromatic heterocycles. The molecule has 0 bridgehead atoms. The molecular weight excluding hydrogens is 276 g/mol. The van der Waals surface area contributed by atoms with Gasteiger partial charge in [-0.1, -0.05) is 6.92 Å². The number of rotatable bonds is 10. The number of nitro groups is 1. The predicted octanol–water partition coefficient (Wildman–Crippen LogP) is 3.94. The number of unbranched alkanes of at least 4 members (excludes halogenated alkanes) is 1. The van der Waals surface area contributed by atoms with E-state index in [1.165, 1.54) is 12.5 Å². The van der Waals surface area contributed by atoms with E-state index in [2.05, 4.69) is 11.6 Å². The Kier molecular flexibility index (Phi) is 7.87. The molecule has 0 unspecified atom stereocenters. The summed E-state index contributed by atoms with van der Waals surface area (Å²) in [4.78, 5) is 10.5. The fraction of sp³-hybridized carbons (Fsp3) is 0.571. The number of ether oxygens (including phenoxy) is 1. The van der Waals surface area contributed by atoms with Crippen molar-refractivity contribution in [3.8, 4) is 5.75 Å². The van der Waals surface area contributed by atoms with Crippen molar-refractivity contribution >= 4 is 23.1 Å². The topological polar surface area (TPSA) is 64.4 Å². The molecule has 0 heterocycles. The van der Waals surface area contributed by atoms with Crippen LogP contribution in [0.3, 0.4) is 0 Å². The second-order valence-electron chi connectivity index (χ2n) is 4.41. The van der Waals surface area contributed by atoms with E-state index in [9.17, 15) is 10.1 Å². The summed E-state index contributed by atoms with van der Waals surface area (Å²) in [5.41, 5.74) is 0.886. The maximum absolute atomic E-state index is 10.9. The summed E-state index contributed by atoms with van der Waals surface area (Å²) >= 11 is 1.84. The van der Waals surface area contributed by atoms with Crippen LogP contribution in [0.2, 0.25) is 0 Å². The molecule has 5 nitrogen and oxygen atoms in total. The molecule has 0 amide bonds. The maximum atomic E-state index is 10.9. The third-order valence-electron chi connectivity index (χ3n) is 2.72. The molecule has 112 valence electrons. The molecule has 0 aliphatic heterocycles. The largest absolute Gasteiger partial charge is 0.487 e. The van der Waals surface area contributed by atoms with Crippen molar-refractivity contribution < 1.29 is 9.66 Å². The Hall–Kier alpha value is -1.43. The van der Waals surface area contributed by atoms with Crippen molar-refractivity contribution in [1.29, 1.82) is 0 Å². The molecular formula is C14H22N2O3S. The zero-order valence-electron chi connectivity index (χ0n) is 12.1. The average molecular weight is 298 g/mol. The summed E-state index contributed by atoms with van der Waals surface area (Å²) in [6.07, 6.45) is 5.17. The smallest absolute Gasteiger partial charge is 0.311 e. The van der Waals surface area contributed by atoms with Crippen LogP contribution in [0.1, 0.15) is 26.2 Å². The minimum Gasteiger partial charge on any atom is -0.487 e. The third-order valence-corrected chi connectivity index (χ3v) is 3.42. The molecule has 0 saturated heterocycles. The number of nitro benzene ring substituents is 1. The fourth-order valence-corrected chi connectivity index (χ4v) is 2.20. The summed E-state index contributed by atoms with van der Waals surface area (Å²) in [5.74, 6) is 1.50. The van der Waals surface area contributed by atoms with E-state index in [0.29, 0.717) is 12.4 Å². The zero-order valence-corrected chi connectivity index (χ0v) is 12.9. The van der Waals surface area contributed by atoms with Crippen molar-refractivity contribution in [2.45, 2.75) is 26.2 Å². The average Bonchev–Trinajstić information content (AvgIpc) is 2.44. The van der Waals surface area contributed by atoms with Crippen molar-refractivity contribution in [3.63, 3.8) is 0 Å². The van der Waals surface area contributed by atoms with E-state index in [1.54, 1.807) is 12.1 Å². The lowest BCUT2D eigenvalue weighted by Crippen LogP contribution is -2.04. The molecule has 6 heteroatoms. The molecule has 0 aliphatic carbocycles. The minimum absolute atomic E-state index is 0.0198. The van der Waals surface area contributed by atoms with Crippen LogP contribution >= 0.6 is 11.8 Å². The van der Waals surface area contributed by atoms with Crippen LogP contribution in [0, 0.1) is 10.1 Å². The van der Waals surface area contributed by atoms with E-state index in [0.717, 1.165) is 30.8 Å². The SMILES string of the molecule is CCCOc1cc(NCCCCSC)ccc1[N+](=O)[O-]. The van der Waals surface area contributed by atoms with E-state index in [1.807, 2.05) is 18.7 Å². The van der Waals surface area contributed by atoms with Gasteiger partial charge in [0.2, 0.25) is 0 Å². The number of nitrogens with one attached hydrogen (secondary N) is 1. The first-order valence-corrected chi connectivity index (χ1v) is 8.22. The molecule has 1 N–H and O–H groups in total. The predicted molar refractivity (Wildman–Crippen MR) is 85.0 cm³/mol. The molecule has 0 fully saturated rings. The lowest BCUT2D eigenvalue weighted by Gasteiger charge is -2.10. The second-order valence-corrected chi connectivity index (χ2v) is 5.40. The van der Waals surface area contributed by atoms with E-state index in [-0.39, 0.29) is 5.69 Å². The molecule has 1 rings (SSSR count). The Morgan fingerprint density at radius 3 is 2.85 bits per heavy atom. The summed E-state index contributed by atoms with van der Waals surface area (Å²) in [6, 6.07) is 4.93. The second kappa shape index (κ2) is 9.47. The van der Waals surface area contributed by atoms with Crippen LogP contribution in [0.5, 0.6) is 5.75 Å². The van der Waals surface area contributed by atoms with E-state index >= 15 is 0 Å². The molecule has 0 atom stereocenters. The van der Waals surface area contributed by atoms with E-state index < -0.39 is 4.92 Å². The van der Waals surface area contributed by atoms with Crippen molar-refractivity contribution in [2.75, 3.05) is 30.5 Å². The van der Waals surface area contributed by atoms with Gasteiger partial charge in [0, 0.05) is 24.4 Å². The molecule has 0 radical (unpaired) electrons. The maximum Gasteiger partial charge on any atom is 0.311 e. The highest BCUT2D eigenvalue weighted by Gasteiger charge is 2.15. The van der Waals surface area contributed by atoms with Crippen LogP contribution < -0.4 is 10.1 Å². The van der Waals surface area contributed by atoms with Gasteiger partial charge in [-0.2, -0.15) is 11.8 Å². The summed E-state index contributed by atoms with van der Waals surface area (Å²) in [5, 5.41) is 14.2. The Morgan fingerprint density at radius 1 is 1.40 bits per heavy atom.